The Morgan fingerprint density at radius 2 is 2.05 bits per heavy atom. The van der Waals surface area contributed by atoms with E-state index in [0.29, 0.717) is 6.54 Å². The molecule has 4 heteroatoms. The molecule has 1 aromatic rings. The number of benzene rings is 1. The number of nitrogens with zero attached hydrogens (tertiary/aromatic N) is 2. The molecule has 0 aromatic heterocycles. The molecule has 2 rings (SSSR count). The van der Waals surface area contributed by atoms with Crippen LogP contribution in [0.4, 0.5) is 10.1 Å². The van der Waals surface area contributed by atoms with Crippen LogP contribution < -0.4 is 10.4 Å². The summed E-state index contributed by atoms with van der Waals surface area (Å²) in [5.41, 5.74) is 7.02. The molecule has 0 atom stereocenters. The summed E-state index contributed by atoms with van der Waals surface area (Å²) < 4.78 is 13.0. The van der Waals surface area contributed by atoms with Gasteiger partial charge in [0.1, 0.15) is 5.82 Å². The number of aliphatic imine (C=N–C) groups is 1. The fraction of sp³-hybridized carbons (Fsp3) is 0.188. The quantitative estimate of drug-likeness (QED) is 0.851. The molecule has 0 saturated heterocycles. The Balaban J connectivity index is 2.43. The van der Waals surface area contributed by atoms with Gasteiger partial charge in [-0.2, -0.15) is 0 Å². The van der Waals surface area contributed by atoms with E-state index in [-0.39, 0.29) is 5.82 Å². The molecule has 1 aliphatic heterocycles. The summed E-state index contributed by atoms with van der Waals surface area (Å²) in [4.78, 5) is 4.39. The van der Waals surface area contributed by atoms with Gasteiger partial charge in [0.15, 0.2) is 0 Å². The van der Waals surface area contributed by atoms with Crippen molar-refractivity contribution in [2.45, 2.75) is 13.8 Å². The third kappa shape index (κ3) is 3.03. The van der Waals surface area contributed by atoms with Crippen LogP contribution in [0, 0.1) is 5.82 Å². The predicted octanol–water partition coefficient (Wildman–Crippen LogP) is 3.58. The molecule has 0 unspecified atom stereocenters. The van der Waals surface area contributed by atoms with Crippen LogP contribution in [0.5, 0.6) is 0 Å². The number of rotatable bonds is 3. The van der Waals surface area contributed by atoms with Crippen molar-refractivity contribution in [1.82, 2.24) is 5.43 Å². The van der Waals surface area contributed by atoms with Gasteiger partial charge in [-0.15, -0.1) is 0 Å². The van der Waals surface area contributed by atoms with Gasteiger partial charge >= 0.3 is 0 Å². The minimum Gasteiger partial charge on any atom is -0.279 e. The van der Waals surface area contributed by atoms with Gasteiger partial charge in [0.25, 0.3) is 0 Å². The van der Waals surface area contributed by atoms with E-state index in [1.165, 1.54) is 12.1 Å². The highest BCUT2D eigenvalue weighted by atomic mass is 19.1. The van der Waals surface area contributed by atoms with Crippen molar-refractivity contribution in [3.05, 3.63) is 65.8 Å². The van der Waals surface area contributed by atoms with E-state index in [0.717, 1.165) is 22.7 Å². The Kier molecular flexibility index (Phi) is 4.48. The van der Waals surface area contributed by atoms with E-state index in [4.69, 9.17) is 0 Å². The molecule has 20 heavy (non-hydrogen) atoms. The van der Waals surface area contributed by atoms with Crippen molar-refractivity contribution in [3.8, 4) is 0 Å². The van der Waals surface area contributed by atoms with Crippen molar-refractivity contribution < 1.29 is 4.39 Å². The number of hydrogen-bond acceptors (Lipinski definition) is 3. The predicted molar refractivity (Wildman–Crippen MR) is 82.0 cm³/mol. The maximum Gasteiger partial charge on any atom is 0.123 e. The van der Waals surface area contributed by atoms with Crippen molar-refractivity contribution >= 4 is 11.9 Å². The number of allylic oxidation sites excluding steroid dienone is 2. The molecule has 0 amide bonds. The van der Waals surface area contributed by atoms with Crippen molar-refractivity contribution in [1.29, 1.82) is 0 Å². The molecule has 0 fully saturated rings. The van der Waals surface area contributed by atoms with E-state index >= 15 is 0 Å². The zero-order valence-corrected chi connectivity index (χ0v) is 11.7. The van der Waals surface area contributed by atoms with Crippen LogP contribution in [0.15, 0.2) is 65.0 Å². The molecule has 0 bridgehead atoms. The molecule has 1 N–H and O–H groups in total. The van der Waals surface area contributed by atoms with Gasteiger partial charge in [-0.05, 0) is 49.8 Å². The summed E-state index contributed by atoms with van der Waals surface area (Å²) in [6.45, 7) is 8.29. The van der Waals surface area contributed by atoms with Crippen LogP contribution >= 0.6 is 0 Å². The van der Waals surface area contributed by atoms with E-state index in [2.05, 4.69) is 17.0 Å². The highest BCUT2D eigenvalue weighted by Gasteiger charge is 2.15. The second kappa shape index (κ2) is 6.30. The third-order valence-corrected chi connectivity index (χ3v) is 3.08. The molecule has 1 aliphatic rings. The van der Waals surface area contributed by atoms with Crippen LogP contribution in [-0.2, 0) is 0 Å². The molecule has 1 aromatic carbocycles. The number of hydrazine groups is 1. The topological polar surface area (TPSA) is 27.6 Å². The molecule has 0 aliphatic carbocycles. The number of halogens is 1. The lowest BCUT2D eigenvalue weighted by molar-refractivity contribution is 0.627. The van der Waals surface area contributed by atoms with Crippen molar-refractivity contribution in [2.24, 2.45) is 4.99 Å². The fourth-order valence-electron chi connectivity index (χ4n) is 2.01. The highest BCUT2D eigenvalue weighted by Crippen LogP contribution is 2.23. The van der Waals surface area contributed by atoms with Gasteiger partial charge < -0.3 is 0 Å². The molecular weight excluding hydrogens is 253 g/mol. The second-order valence-electron chi connectivity index (χ2n) is 4.43. The molecular formula is C16H18FN3. The van der Waals surface area contributed by atoms with Gasteiger partial charge in [-0.1, -0.05) is 12.7 Å². The van der Waals surface area contributed by atoms with Crippen LogP contribution in [0.3, 0.4) is 0 Å². The minimum atomic E-state index is -0.248. The normalized spacial score (nSPS) is 16.4. The third-order valence-electron chi connectivity index (χ3n) is 3.08. The molecule has 0 spiro atoms. The van der Waals surface area contributed by atoms with Gasteiger partial charge in [0.05, 0.1) is 17.1 Å². The Morgan fingerprint density at radius 1 is 1.35 bits per heavy atom. The average Bonchev–Trinajstić information content (AvgIpc) is 2.61. The van der Waals surface area contributed by atoms with Crippen LogP contribution in [0.1, 0.15) is 13.8 Å². The standard InChI is InChI=1S/C16H18FN3/c1-4-13-10-16(18-5-2)12(3)20(19-11-13)15-8-6-14(17)7-9-15/h4-10,19H,1,11H2,2-3H3. The highest BCUT2D eigenvalue weighted by molar-refractivity contribution is 5.60. The van der Waals surface area contributed by atoms with Gasteiger partial charge in [-0.3, -0.25) is 10.0 Å². The van der Waals surface area contributed by atoms with Crippen molar-refractivity contribution in [2.75, 3.05) is 11.6 Å². The summed E-state index contributed by atoms with van der Waals surface area (Å²) in [7, 11) is 0. The zero-order valence-electron chi connectivity index (χ0n) is 11.7. The molecule has 1 heterocycles. The van der Waals surface area contributed by atoms with E-state index in [1.54, 1.807) is 24.4 Å². The summed E-state index contributed by atoms with van der Waals surface area (Å²) in [6.07, 6.45) is 5.56. The first-order valence-electron chi connectivity index (χ1n) is 6.47. The first-order chi connectivity index (χ1) is 9.65. The number of anilines is 1. The van der Waals surface area contributed by atoms with Gasteiger partial charge in [-0.25, -0.2) is 9.82 Å². The number of nitrogens with one attached hydrogen (secondary N) is 1. The Morgan fingerprint density at radius 3 is 2.65 bits per heavy atom. The first kappa shape index (κ1) is 14.2. The lowest BCUT2D eigenvalue weighted by atomic mass is 10.2. The molecule has 3 nitrogen and oxygen atoms in total. The summed E-state index contributed by atoms with van der Waals surface area (Å²) >= 11 is 0. The second-order valence-corrected chi connectivity index (χ2v) is 4.43. The van der Waals surface area contributed by atoms with Crippen LogP contribution in [0.25, 0.3) is 0 Å². The largest absolute Gasteiger partial charge is 0.279 e. The van der Waals surface area contributed by atoms with E-state index < -0.39 is 0 Å². The van der Waals surface area contributed by atoms with E-state index in [1.807, 2.05) is 24.9 Å². The maximum absolute atomic E-state index is 13.0. The van der Waals surface area contributed by atoms with Crippen molar-refractivity contribution in [3.63, 3.8) is 0 Å². The molecule has 0 radical (unpaired) electrons. The monoisotopic (exact) mass is 271 g/mol. The number of hydrogen-bond donors (Lipinski definition) is 1. The van der Waals surface area contributed by atoms with Gasteiger partial charge in [0, 0.05) is 12.8 Å². The van der Waals surface area contributed by atoms with E-state index in [9.17, 15) is 4.39 Å². The zero-order chi connectivity index (χ0) is 14.5. The first-order valence-corrected chi connectivity index (χ1v) is 6.47. The summed E-state index contributed by atoms with van der Waals surface area (Å²) in [5.74, 6) is -0.248. The molecule has 104 valence electrons. The lowest BCUT2D eigenvalue weighted by Crippen LogP contribution is -2.37. The minimum absolute atomic E-state index is 0.248. The Hall–Kier alpha value is -2.20. The Bertz CT molecular complexity index is 582. The Labute approximate surface area is 118 Å². The summed E-state index contributed by atoms with van der Waals surface area (Å²) in [5, 5.41) is 1.91. The lowest BCUT2D eigenvalue weighted by Gasteiger charge is -2.25. The maximum atomic E-state index is 13.0. The SMILES string of the molecule is C=CC1=CC(N=CC)=C(C)N(c2ccc(F)cc2)NC1. The van der Waals surface area contributed by atoms with Crippen LogP contribution in [0.2, 0.25) is 0 Å². The fourth-order valence-corrected chi connectivity index (χ4v) is 2.01. The molecule has 0 saturated carbocycles. The average molecular weight is 271 g/mol. The summed E-state index contributed by atoms with van der Waals surface area (Å²) in [6, 6.07) is 6.36. The smallest absolute Gasteiger partial charge is 0.123 e. The van der Waals surface area contributed by atoms with Gasteiger partial charge in [0.2, 0.25) is 0 Å². The van der Waals surface area contributed by atoms with Crippen LogP contribution in [-0.4, -0.2) is 12.8 Å².